The monoisotopic (exact) mass is 448 g/mol. The highest BCUT2D eigenvalue weighted by molar-refractivity contribution is 9.10. The fourth-order valence-corrected chi connectivity index (χ4v) is 3.30. The molecule has 1 aromatic heterocycles. The minimum Gasteiger partial charge on any atom is -0.318 e. The molecule has 0 saturated carbocycles. The number of para-hydroxylation sites is 1. The van der Waals surface area contributed by atoms with E-state index in [0.717, 1.165) is 4.47 Å². The Kier molecular flexibility index (Phi) is 5.53. The van der Waals surface area contributed by atoms with Crippen molar-refractivity contribution in [2.75, 3.05) is 12.4 Å². The number of benzene rings is 2. The molecule has 0 saturated heterocycles. The summed E-state index contributed by atoms with van der Waals surface area (Å²) in [7, 11) is 3.30. The topological polar surface area (TPSA) is 67.2 Å². The van der Waals surface area contributed by atoms with E-state index in [-0.39, 0.29) is 11.6 Å². The molecule has 0 aliphatic carbocycles. The van der Waals surface area contributed by atoms with E-state index in [9.17, 15) is 9.59 Å². The highest BCUT2D eigenvalue weighted by Gasteiger charge is 2.22. The van der Waals surface area contributed by atoms with Crippen molar-refractivity contribution in [1.29, 1.82) is 0 Å². The zero-order chi connectivity index (χ0) is 19.7. The number of nitrogens with one attached hydrogen (secondary N) is 1. The molecule has 1 unspecified atom stereocenters. The van der Waals surface area contributed by atoms with E-state index in [1.54, 1.807) is 38.4 Å². The third-order valence-electron chi connectivity index (χ3n) is 4.46. The molecule has 6 nitrogen and oxygen atoms in total. The summed E-state index contributed by atoms with van der Waals surface area (Å²) in [4.78, 5) is 31.4. The second-order valence-corrected chi connectivity index (χ2v) is 7.48. The number of amides is 2. The Morgan fingerprint density at radius 3 is 2.70 bits per heavy atom. The number of fused-ring (bicyclic) bond motifs is 1. The largest absolute Gasteiger partial charge is 0.322 e. The normalized spacial score (nSPS) is 12.0. The molecule has 2 amide bonds. The summed E-state index contributed by atoms with van der Waals surface area (Å²) in [6, 6.07) is 11.6. The van der Waals surface area contributed by atoms with E-state index in [0.29, 0.717) is 27.4 Å². The number of hydrogen-bond acceptors (Lipinski definition) is 3. The number of carbonyl (C=O) groups excluding carboxylic acids is 1. The Balaban J connectivity index is 1.93. The highest BCUT2D eigenvalue weighted by atomic mass is 79.9. The Morgan fingerprint density at radius 1 is 1.30 bits per heavy atom. The van der Waals surface area contributed by atoms with Crippen LogP contribution in [0.15, 0.2) is 51.7 Å². The van der Waals surface area contributed by atoms with Crippen LogP contribution in [0.4, 0.5) is 10.5 Å². The van der Waals surface area contributed by atoms with E-state index < -0.39 is 6.04 Å². The van der Waals surface area contributed by atoms with Crippen LogP contribution in [0.5, 0.6) is 0 Å². The molecule has 0 spiro atoms. The maximum atomic E-state index is 12.7. The molecule has 0 aliphatic rings. The first-order chi connectivity index (χ1) is 12.8. The Labute approximate surface area is 169 Å². The van der Waals surface area contributed by atoms with Crippen LogP contribution in [0.25, 0.3) is 10.9 Å². The molecule has 0 fully saturated rings. The lowest BCUT2D eigenvalue weighted by Crippen LogP contribution is -2.37. The minimum absolute atomic E-state index is 0.205. The van der Waals surface area contributed by atoms with Crippen LogP contribution in [0.3, 0.4) is 0 Å². The van der Waals surface area contributed by atoms with Gasteiger partial charge in [0.25, 0.3) is 5.56 Å². The Morgan fingerprint density at radius 2 is 2.00 bits per heavy atom. The van der Waals surface area contributed by atoms with E-state index in [1.165, 1.54) is 9.47 Å². The van der Waals surface area contributed by atoms with Crippen LogP contribution in [-0.2, 0) is 7.05 Å². The average molecular weight is 450 g/mol. The number of urea groups is 1. The SMILES string of the molecule is CC(c1nc2ccc(Cl)cc2c(=O)n1C)N(C)C(=O)Nc1ccccc1Br. The molecular weight excluding hydrogens is 432 g/mol. The number of hydrogen-bond donors (Lipinski definition) is 1. The third-order valence-corrected chi connectivity index (χ3v) is 5.39. The Bertz CT molecular complexity index is 1080. The van der Waals surface area contributed by atoms with Gasteiger partial charge in [0.1, 0.15) is 5.82 Å². The first-order valence-corrected chi connectivity index (χ1v) is 9.41. The lowest BCUT2D eigenvalue weighted by Gasteiger charge is -2.26. The second kappa shape index (κ2) is 7.70. The second-order valence-electron chi connectivity index (χ2n) is 6.19. The molecule has 0 radical (unpaired) electrons. The van der Waals surface area contributed by atoms with Crippen molar-refractivity contribution in [2.45, 2.75) is 13.0 Å². The van der Waals surface area contributed by atoms with Gasteiger partial charge in [-0.2, -0.15) is 0 Å². The Hall–Kier alpha value is -2.38. The average Bonchev–Trinajstić information content (AvgIpc) is 2.65. The summed E-state index contributed by atoms with van der Waals surface area (Å²) < 4.78 is 2.23. The molecule has 0 bridgehead atoms. The van der Waals surface area contributed by atoms with Crippen molar-refractivity contribution in [1.82, 2.24) is 14.5 Å². The molecule has 1 N–H and O–H groups in total. The smallest absolute Gasteiger partial charge is 0.318 e. The van der Waals surface area contributed by atoms with E-state index in [2.05, 4.69) is 26.2 Å². The third kappa shape index (κ3) is 3.84. The molecule has 140 valence electrons. The molecule has 3 rings (SSSR count). The van der Waals surface area contributed by atoms with Gasteiger partial charge in [-0.3, -0.25) is 9.36 Å². The molecule has 3 aromatic rings. The van der Waals surface area contributed by atoms with Crippen molar-refractivity contribution in [2.24, 2.45) is 7.05 Å². The van der Waals surface area contributed by atoms with Gasteiger partial charge in [0.05, 0.1) is 22.6 Å². The van der Waals surface area contributed by atoms with E-state index in [1.807, 2.05) is 25.1 Å². The summed E-state index contributed by atoms with van der Waals surface area (Å²) in [6.45, 7) is 1.82. The number of rotatable bonds is 3. The highest BCUT2D eigenvalue weighted by Crippen LogP contribution is 2.24. The zero-order valence-electron chi connectivity index (χ0n) is 15.0. The quantitative estimate of drug-likeness (QED) is 0.637. The summed E-state index contributed by atoms with van der Waals surface area (Å²) in [5.74, 6) is 0.486. The van der Waals surface area contributed by atoms with Gasteiger partial charge >= 0.3 is 6.03 Å². The first kappa shape index (κ1) is 19.4. The van der Waals surface area contributed by atoms with Gasteiger partial charge in [-0.1, -0.05) is 23.7 Å². The number of halogens is 2. The minimum atomic E-state index is -0.426. The van der Waals surface area contributed by atoms with Crippen LogP contribution >= 0.6 is 27.5 Å². The van der Waals surface area contributed by atoms with Gasteiger partial charge in [-0.05, 0) is 53.2 Å². The van der Waals surface area contributed by atoms with Crippen molar-refractivity contribution in [3.8, 4) is 0 Å². The van der Waals surface area contributed by atoms with E-state index in [4.69, 9.17) is 11.6 Å². The number of carbonyl (C=O) groups is 1. The molecule has 1 heterocycles. The lowest BCUT2D eigenvalue weighted by atomic mass is 10.2. The fourth-order valence-electron chi connectivity index (χ4n) is 2.75. The summed E-state index contributed by atoms with van der Waals surface area (Å²) in [6.07, 6.45) is 0. The standard InChI is InChI=1S/C19H18BrClN4O2/c1-11(24(2)19(27)23-16-7-5-4-6-14(16)20)17-22-15-9-8-12(21)10-13(15)18(26)25(17)3/h4-11H,1-3H3,(H,23,27). The summed E-state index contributed by atoms with van der Waals surface area (Å²) in [5, 5.41) is 3.77. The maximum Gasteiger partial charge on any atom is 0.322 e. The van der Waals surface area contributed by atoms with Crippen molar-refractivity contribution in [3.63, 3.8) is 0 Å². The fraction of sp³-hybridized carbons (Fsp3) is 0.211. The van der Waals surface area contributed by atoms with Crippen molar-refractivity contribution < 1.29 is 4.79 Å². The molecule has 27 heavy (non-hydrogen) atoms. The van der Waals surface area contributed by atoms with Gasteiger partial charge in [0.2, 0.25) is 0 Å². The van der Waals surface area contributed by atoms with Crippen molar-refractivity contribution >= 4 is 50.2 Å². The van der Waals surface area contributed by atoms with Crippen LogP contribution in [0.2, 0.25) is 5.02 Å². The molecule has 0 aliphatic heterocycles. The van der Waals surface area contributed by atoms with Crippen LogP contribution in [0, 0.1) is 0 Å². The van der Waals surface area contributed by atoms with Crippen LogP contribution in [-0.4, -0.2) is 27.5 Å². The first-order valence-electron chi connectivity index (χ1n) is 8.24. The maximum absolute atomic E-state index is 12.7. The van der Waals surface area contributed by atoms with E-state index >= 15 is 0 Å². The van der Waals surface area contributed by atoms with Crippen LogP contribution in [0.1, 0.15) is 18.8 Å². The van der Waals surface area contributed by atoms with Crippen LogP contribution < -0.4 is 10.9 Å². The number of nitrogens with zero attached hydrogens (tertiary/aromatic N) is 3. The van der Waals surface area contributed by atoms with Gasteiger partial charge in [0.15, 0.2) is 0 Å². The number of anilines is 1. The molecule has 2 aromatic carbocycles. The lowest BCUT2D eigenvalue weighted by molar-refractivity contribution is 0.205. The molecule has 1 atom stereocenters. The van der Waals surface area contributed by atoms with Gasteiger partial charge < -0.3 is 10.2 Å². The van der Waals surface area contributed by atoms with Gasteiger partial charge in [-0.15, -0.1) is 0 Å². The summed E-state index contributed by atoms with van der Waals surface area (Å²) in [5.41, 5.74) is 1.00. The molecule has 8 heteroatoms. The predicted molar refractivity (Wildman–Crippen MR) is 111 cm³/mol. The van der Waals surface area contributed by atoms with Crippen molar-refractivity contribution in [3.05, 3.63) is 68.1 Å². The van der Waals surface area contributed by atoms with Gasteiger partial charge in [-0.25, -0.2) is 9.78 Å². The predicted octanol–water partition coefficient (Wildman–Crippen LogP) is 4.57. The zero-order valence-corrected chi connectivity index (χ0v) is 17.4. The summed E-state index contributed by atoms with van der Waals surface area (Å²) >= 11 is 9.39. The number of aromatic nitrogens is 2. The molecular formula is C19H18BrClN4O2. The van der Waals surface area contributed by atoms with Gasteiger partial charge in [0, 0.05) is 23.6 Å².